The molecule has 3 saturated heterocycles. The zero-order valence-electron chi connectivity index (χ0n) is 33.8. The lowest BCUT2D eigenvalue weighted by Gasteiger charge is -2.43. The first-order valence-corrected chi connectivity index (χ1v) is 21.0. The molecule has 1 N–H and O–H groups in total. The number of nitriles is 1. The molecule has 1 atom stereocenters. The minimum absolute atomic E-state index is 0.0347. The van der Waals surface area contributed by atoms with Crippen molar-refractivity contribution in [3.8, 4) is 11.8 Å². The lowest BCUT2D eigenvalue weighted by molar-refractivity contribution is -0.138. The summed E-state index contributed by atoms with van der Waals surface area (Å²) >= 11 is 0. The number of nitrogens with one attached hydrogen (secondary N) is 1. The second-order valence-corrected chi connectivity index (χ2v) is 17.1. The van der Waals surface area contributed by atoms with Crippen molar-refractivity contribution < 1.29 is 46.3 Å². The summed E-state index contributed by atoms with van der Waals surface area (Å²) < 4.78 is 62.5. The van der Waals surface area contributed by atoms with Crippen LogP contribution in [0.15, 0.2) is 48.7 Å². The van der Waals surface area contributed by atoms with Crippen LogP contribution >= 0.6 is 0 Å². The third kappa shape index (κ3) is 7.82. The number of rotatable bonds is 8. The van der Waals surface area contributed by atoms with Crippen LogP contribution < -0.4 is 19.9 Å². The van der Waals surface area contributed by atoms with Gasteiger partial charge >= 0.3 is 6.18 Å². The van der Waals surface area contributed by atoms with Crippen LogP contribution in [0.2, 0.25) is 0 Å². The molecular formula is C44H44F4N8O6. The van der Waals surface area contributed by atoms with Gasteiger partial charge in [-0.05, 0) is 80.1 Å². The van der Waals surface area contributed by atoms with Crippen molar-refractivity contribution in [2.75, 3.05) is 55.6 Å². The van der Waals surface area contributed by atoms with E-state index in [1.54, 1.807) is 18.2 Å². The molecule has 18 heteroatoms. The fourth-order valence-electron chi connectivity index (χ4n) is 9.85. The zero-order valence-corrected chi connectivity index (χ0v) is 33.8. The Kier molecular flexibility index (Phi) is 10.6. The number of halogens is 4. The van der Waals surface area contributed by atoms with Crippen LogP contribution in [-0.4, -0.2) is 119 Å². The number of ether oxygens (including phenoxy) is 1. The van der Waals surface area contributed by atoms with Crippen molar-refractivity contribution in [1.29, 1.82) is 5.26 Å². The molecule has 6 heterocycles. The Morgan fingerprint density at radius 1 is 0.806 bits per heavy atom. The number of carbonyl (C=O) groups is 5. The molecule has 1 aliphatic carbocycles. The van der Waals surface area contributed by atoms with E-state index in [4.69, 9.17) is 10.00 Å². The minimum atomic E-state index is -4.73. The predicted molar refractivity (Wildman–Crippen MR) is 214 cm³/mol. The second-order valence-electron chi connectivity index (χ2n) is 17.1. The van der Waals surface area contributed by atoms with Gasteiger partial charge in [-0.3, -0.25) is 39.1 Å². The largest absolute Gasteiger partial charge is 0.489 e. The van der Waals surface area contributed by atoms with Crippen LogP contribution in [0.5, 0.6) is 5.75 Å². The SMILES string of the molecule is N#Cc1ncc(O[C@H]2CC[C@H](N3Cc4cc(N5CCN(CC6(F)CCN(c7ccc8c(c7)C(=O)N(C7CCC(=O)NC7=O)C8=O)CC6)CC5)ccc4C3=O)CC2)cc1C(F)(F)F. The van der Waals surface area contributed by atoms with Gasteiger partial charge in [0, 0.05) is 94.6 Å². The normalized spacial score (nSPS) is 24.2. The number of carbonyl (C=O) groups excluding carboxylic acids is 5. The Labute approximate surface area is 354 Å². The molecule has 9 rings (SSSR count). The average molecular weight is 857 g/mol. The van der Waals surface area contributed by atoms with Gasteiger partial charge < -0.3 is 19.4 Å². The zero-order chi connectivity index (χ0) is 43.5. The van der Waals surface area contributed by atoms with Crippen LogP contribution in [0.4, 0.5) is 28.9 Å². The topological polar surface area (TPSA) is 159 Å². The molecule has 14 nitrogen and oxygen atoms in total. The molecule has 0 radical (unpaired) electrons. The predicted octanol–water partition coefficient (Wildman–Crippen LogP) is 4.85. The molecule has 2 aromatic carbocycles. The molecule has 5 amide bonds. The number of anilines is 2. The maximum Gasteiger partial charge on any atom is 0.419 e. The maximum atomic E-state index is 16.4. The highest BCUT2D eigenvalue weighted by molar-refractivity contribution is 6.23. The molecule has 3 aromatic rings. The quantitative estimate of drug-likeness (QED) is 0.244. The molecule has 0 spiro atoms. The summed E-state index contributed by atoms with van der Waals surface area (Å²) in [6, 6.07) is 12.1. The molecule has 0 bridgehead atoms. The van der Waals surface area contributed by atoms with E-state index >= 15 is 4.39 Å². The Hall–Kier alpha value is -6.09. The number of benzene rings is 2. The van der Waals surface area contributed by atoms with Crippen molar-refractivity contribution in [2.24, 2.45) is 0 Å². The van der Waals surface area contributed by atoms with Crippen LogP contribution in [0.1, 0.15) is 99.3 Å². The monoisotopic (exact) mass is 856 g/mol. The number of nitrogens with zero attached hydrogens (tertiary/aromatic N) is 7. The summed E-state index contributed by atoms with van der Waals surface area (Å²) in [5.74, 6) is -2.32. The number of pyridine rings is 1. The van der Waals surface area contributed by atoms with Crippen LogP contribution in [0.25, 0.3) is 0 Å². The van der Waals surface area contributed by atoms with Crippen LogP contribution in [0.3, 0.4) is 0 Å². The summed E-state index contributed by atoms with van der Waals surface area (Å²) in [4.78, 5) is 76.9. The number of fused-ring (bicyclic) bond motifs is 2. The van der Waals surface area contributed by atoms with E-state index < -0.39 is 52.8 Å². The van der Waals surface area contributed by atoms with E-state index in [1.807, 2.05) is 21.9 Å². The number of piperidine rings is 2. The van der Waals surface area contributed by atoms with Crippen LogP contribution in [-0.2, 0) is 22.3 Å². The summed E-state index contributed by atoms with van der Waals surface area (Å²) in [5, 5.41) is 11.2. The molecule has 1 unspecified atom stereocenters. The van der Waals surface area contributed by atoms with Gasteiger partial charge in [0.2, 0.25) is 11.8 Å². The maximum absolute atomic E-state index is 16.4. The molecule has 1 saturated carbocycles. The van der Waals surface area contributed by atoms with E-state index in [2.05, 4.69) is 26.2 Å². The lowest BCUT2D eigenvalue weighted by Crippen LogP contribution is -2.54. The molecule has 4 fully saturated rings. The first kappa shape index (κ1) is 41.3. The molecule has 62 heavy (non-hydrogen) atoms. The molecule has 5 aliphatic heterocycles. The number of amides is 5. The highest BCUT2D eigenvalue weighted by Gasteiger charge is 2.46. The van der Waals surface area contributed by atoms with Gasteiger partial charge in [0.15, 0.2) is 5.69 Å². The second kappa shape index (κ2) is 16.0. The third-order valence-electron chi connectivity index (χ3n) is 13.3. The van der Waals surface area contributed by atoms with Gasteiger partial charge in [-0.2, -0.15) is 18.4 Å². The van der Waals surface area contributed by atoms with Crippen molar-refractivity contribution in [2.45, 2.75) is 87.9 Å². The fourth-order valence-corrected chi connectivity index (χ4v) is 9.85. The molecule has 1 aromatic heterocycles. The summed E-state index contributed by atoms with van der Waals surface area (Å²) in [5.41, 5.74) is 0.477. The van der Waals surface area contributed by atoms with Gasteiger partial charge in [0.25, 0.3) is 17.7 Å². The highest BCUT2D eigenvalue weighted by Crippen LogP contribution is 2.38. The third-order valence-corrected chi connectivity index (χ3v) is 13.3. The summed E-state index contributed by atoms with van der Waals surface area (Å²) in [6.07, 6.45) is -0.863. The Balaban J connectivity index is 0.742. The number of alkyl halides is 4. The summed E-state index contributed by atoms with van der Waals surface area (Å²) in [6.45, 7) is 4.35. The van der Waals surface area contributed by atoms with Crippen molar-refractivity contribution >= 4 is 40.9 Å². The smallest absolute Gasteiger partial charge is 0.419 e. The lowest BCUT2D eigenvalue weighted by atomic mass is 9.91. The van der Waals surface area contributed by atoms with E-state index in [1.165, 1.54) is 6.07 Å². The number of hydrogen-bond acceptors (Lipinski definition) is 11. The van der Waals surface area contributed by atoms with E-state index in [0.29, 0.717) is 102 Å². The van der Waals surface area contributed by atoms with Gasteiger partial charge in [-0.25, -0.2) is 9.37 Å². The molecular weight excluding hydrogens is 813 g/mol. The van der Waals surface area contributed by atoms with Crippen molar-refractivity contribution in [3.05, 3.63) is 82.2 Å². The van der Waals surface area contributed by atoms with E-state index in [9.17, 15) is 37.1 Å². The Morgan fingerprint density at radius 3 is 2.15 bits per heavy atom. The first-order valence-electron chi connectivity index (χ1n) is 21.0. The Bertz CT molecular complexity index is 2380. The minimum Gasteiger partial charge on any atom is -0.489 e. The van der Waals surface area contributed by atoms with Gasteiger partial charge in [0.05, 0.1) is 29.0 Å². The number of imide groups is 2. The van der Waals surface area contributed by atoms with Gasteiger partial charge in [0.1, 0.15) is 23.5 Å². The highest BCUT2D eigenvalue weighted by atomic mass is 19.4. The standard InChI is InChI=1S/C44H44F4N8O6/c45-43(11-13-53(14-12-43)29-4-8-33-34(20-29)42(61)56(41(33)60)37-9-10-38(57)51-39(37)58)25-52-15-17-54(18-16-52)28-3-7-32-26(19-28)24-55(40(32)59)27-1-5-30(6-2-27)62-31-21-35(44(46,47)48)36(22-49)50-23-31/h3-4,7-8,19-21,23,27,30,37H,1-2,5-6,9-18,24-25H2,(H,51,57,58)/t27-,30-,37?. The number of aromatic nitrogens is 1. The fraction of sp³-hybridized carbons (Fsp3) is 0.477. The van der Waals surface area contributed by atoms with Crippen molar-refractivity contribution in [1.82, 2.24) is 25.0 Å². The van der Waals surface area contributed by atoms with Crippen molar-refractivity contribution in [3.63, 3.8) is 0 Å². The van der Waals surface area contributed by atoms with E-state index in [-0.39, 0.29) is 47.8 Å². The van der Waals surface area contributed by atoms with Gasteiger partial charge in [-0.1, -0.05) is 0 Å². The Morgan fingerprint density at radius 2 is 1.47 bits per heavy atom. The number of hydrogen-bond donors (Lipinski definition) is 1. The molecule has 324 valence electrons. The number of piperazine rings is 1. The molecule has 6 aliphatic rings. The van der Waals surface area contributed by atoms with Crippen LogP contribution in [0, 0.1) is 11.3 Å². The average Bonchev–Trinajstić information content (AvgIpc) is 3.72. The van der Waals surface area contributed by atoms with E-state index in [0.717, 1.165) is 28.4 Å². The van der Waals surface area contributed by atoms with Gasteiger partial charge in [-0.15, -0.1) is 0 Å². The summed E-state index contributed by atoms with van der Waals surface area (Å²) in [7, 11) is 0. The first-order chi connectivity index (χ1) is 29.7.